The van der Waals surface area contributed by atoms with Crippen LogP contribution in [0.3, 0.4) is 0 Å². The summed E-state index contributed by atoms with van der Waals surface area (Å²) in [6, 6.07) is 9.30. The minimum atomic E-state index is -3.76. The lowest BCUT2D eigenvalue weighted by molar-refractivity contribution is 0.401. The first kappa shape index (κ1) is 16.9. The molecular weight excluding hydrogens is 329 g/mol. The first-order valence-corrected chi connectivity index (χ1v) is 9.21. The van der Waals surface area contributed by atoms with Crippen molar-refractivity contribution in [1.82, 2.24) is 4.72 Å². The quantitative estimate of drug-likeness (QED) is 0.900. The van der Waals surface area contributed by atoms with Gasteiger partial charge in [0.1, 0.15) is 16.5 Å². The monoisotopic (exact) mass is 349 g/mol. The van der Waals surface area contributed by atoms with E-state index >= 15 is 0 Å². The summed E-state index contributed by atoms with van der Waals surface area (Å²) >= 11 is 0. The van der Waals surface area contributed by atoms with Gasteiger partial charge < -0.3 is 4.74 Å². The number of sulfonamides is 1. The van der Waals surface area contributed by atoms with Crippen molar-refractivity contribution in [2.24, 2.45) is 0 Å². The van der Waals surface area contributed by atoms with Gasteiger partial charge in [-0.05, 0) is 67.6 Å². The Labute approximate surface area is 141 Å². The summed E-state index contributed by atoms with van der Waals surface area (Å²) in [6.45, 7) is 3.77. The second-order valence-electron chi connectivity index (χ2n) is 6.28. The van der Waals surface area contributed by atoms with E-state index in [0.717, 1.165) is 16.7 Å². The predicted octanol–water partition coefficient (Wildman–Crippen LogP) is 3.42. The standard InChI is InChI=1S/C18H20FNO3S/c1-12-10-16(23-3)17(11-13(12)2)24(21,22)20-18(8-9-18)14-4-6-15(19)7-5-14/h4-7,10-11,20H,8-9H2,1-3H3. The second kappa shape index (κ2) is 5.86. The molecule has 0 aromatic heterocycles. The number of aryl methyl sites for hydroxylation is 2. The highest BCUT2D eigenvalue weighted by Gasteiger charge is 2.48. The van der Waals surface area contributed by atoms with E-state index < -0.39 is 15.6 Å². The van der Waals surface area contributed by atoms with Crippen LogP contribution in [-0.4, -0.2) is 15.5 Å². The van der Waals surface area contributed by atoms with E-state index in [9.17, 15) is 12.8 Å². The fourth-order valence-corrected chi connectivity index (χ4v) is 4.47. The van der Waals surface area contributed by atoms with E-state index in [2.05, 4.69) is 4.72 Å². The molecule has 2 aromatic rings. The summed E-state index contributed by atoms with van der Waals surface area (Å²) in [6.07, 6.45) is 1.37. The summed E-state index contributed by atoms with van der Waals surface area (Å²) in [7, 11) is -2.31. The van der Waals surface area contributed by atoms with Crippen LogP contribution in [0.2, 0.25) is 0 Å². The average Bonchev–Trinajstić information content (AvgIpc) is 3.30. The normalized spacial score (nSPS) is 16.0. The molecule has 0 saturated heterocycles. The molecule has 0 aliphatic heterocycles. The van der Waals surface area contributed by atoms with Gasteiger partial charge in [0.2, 0.25) is 10.0 Å². The molecule has 0 unspecified atom stereocenters. The molecule has 1 aliphatic carbocycles. The maximum absolute atomic E-state index is 13.1. The molecule has 0 heterocycles. The Bertz CT molecular complexity index is 872. The Morgan fingerprint density at radius 3 is 2.21 bits per heavy atom. The number of hydrogen-bond acceptors (Lipinski definition) is 3. The number of rotatable bonds is 5. The Balaban J connectivity index is 1.98. The maximum Gasteiger partial charge on any atom is 0.245 e. The summed E-state index contributed by atoms with van der Waals surface area (Å²) in [5, 5.41) is 0. The minimum Gasteiger partial charge on any atom is -0.495 e. The van der Waals surface area contributed by atoms with Crippen molar-refractivity contribution in [1.29, 1.82) is 0 Å². The lowest BCUT2D eigenvalue weighted by Crippen LogP contribution is -2.35. The lowest BCUT2D eigenvalue weighted by Gasteiger charge is -2.20. The molecule has 0 atom stereocenters. The third kappa shape index (κ3) is 3.03. The molecule has 3 rings (SSSR count). The summed E-state index contributed by atoms with van der Waals surface area (Å²) in [5.41, 5.74) is 1.96. The van der Waals surface area contributed by atoms with E-state index in [4.69, 9.17) is 4.74 Å². The first-order valence-electron chi connectivity index (χ1n) is 7.73. The average molecular weight is 349 g/mol. The molecule has 1 aliphatic rings. The number of halogens is 1. The van der Waals surface area contributed by atoms with E-state index in [0.29, 0.717) is 18.6 Å². The summed E-state index contributed by atoms with van der Waals surface area (Å²) in [5.74, 6) is -0.0197. The fraction of sp³-hybridized carbons (Fsp3) is 0.333. The first-order chi connectivity index (χ1) is 11.3. The van der Waals surface area contributed by atoms with E-state index in [1.807, 2.05) is 13.8 Å². The van der Waals surface area contributed by atoms with Gasteiger partial charge in [-0.3, -0.25) is 0 Å². The lowest BCUT2D eigenvalue weighted by atomic mass is 10.1. The van der Waals surface area contributed by atoms with E-state index in [1.165, 1.54) is 19.2 Å². The van der Waals surface area contributed by atoms with Crippen LogP contribution in [0.25, 0.3) is 0 Å². The van der Waals surface area contributed by atoms with Crippen molar-refractivity contribution < 1.29 is 17.5 Å². The van der Waals surface area contributed by atoms with Crippen molar-refractivity contribution in [3.8, 4) is 5.75 Å². The highest BCUT2D eigenvalue weighted by atomic mass is 32.2. The highest BCUT2D eigenvalue weighted by molar-refractivity contribution is 7.89. The molecule has 24 heavy (non-hydrogen) atoms. The topological polar surface area (TPSA) is 55.4 Å². The Morgan fingerprint density at radius 1 is 1.08 bits per heavy atom. The highest BCUT2D eigenvalue weighted by Crippen LogP contribution is 2.47. The van der Waals surface area contributed by atoms with Gasteiger partial charge in [-0.15, -0.1) is 0 Å². The number of benzene rings is 2. The van der Waals surface area contributed by atoms with Crippen molar-refractivity contribution >= 4 is 10.0 Å². The predicted molar refractivity (Wildman–Crippen MR) is 90.1 cm³/mol. The molecule has 4 nitrogen and oxygen atoms in total. The summed E-state index contributed by atoms with van der Waals surface area (Å²) in [4.78, 5) is 0.126. The molecule has 128 valence electrons. The van der Waals surface area contributed by atoms with Gasteiger partial charge in [-0.25, -0.2) is 17.5 Å². The molecule has 1 saturated carbocycles. The van der Waals surface area contributed by atoms with E-state index in [1.54, 1.807) is 24.3 Å². The molecule has 0 radical (unpaired) electrons. The third-order valence-corrected chi connectivity index (χ3v) is 6.10. The van der Waals surface area contributed by atoms with Crippen LogP contribution in [0, 0.1) is 19.7 Å². The molecule has 0 bridgehead atoms. The van der Waals surface area contributed by atoms with Crippen LogP contribution < -0.4 is 9.46 Å². The molecule has 0 amide bonds. The molecule has 6 heteroatoms. The minimum absolute atomic E-state index is 0.126. The zero-order chi connectivity index (χ0) is 17.5. The van der Waals surface area contributed by atoms with Crippen molar-refractivity contribution in [2.45, 2.75) is 37.1 Å². The SMILES string of the molecule is COc1cc(C)c(C)cc1S(=O)(=O)NC1(c2ccc(F)cc2)CC1. The van der Waals surface area contributed by atoms with Crippen LogP contribution in [0.1, 0.15) is 29.5 Å². The molecule has 2 aromatic carbocycles. The van der Waals surface area contributed by atoms with Gasteiger partial charge in [0.25, 0.3) is 0 Å². The largest absolute Gasteiger partial charge is 0.495 e. The molecule has 1 fully saturated rings. The van der Waals surface area contributed by atoms with Gasteiger partial charge in [-0.1, -0.05) is 12.1 Å². The zero-order valence-electron chi connectivity index (χ0n) is 13.9. The smallest absolute Gasteiger partial charge is 0.245 e. The van der Waals surface area contributed by atoms with Gasteiger partial charge in [0.15, 0.2) is 0 Å². The van der Waals surface area contributed by atoms with Gasteiger partial charge >= 0.3 is 0 Å². The Hall–Kier alpha value is -1.92. The maximum atomic E-state index is 13.1. The van der Waals surface area contributed by atoms with Gasteiger partial charge in [0, 0.05) is 0 Å². The van der Waals surface area contributed by atoms with Crippen LogP contribution in [0.15, 0.2) is 41.3 Å². The van der Waals surface area contributed by atoms with Gasteiger partial charge in [-0.2, -0.15) is 0 Å². The molecule has 1 N–H and O–H groups in total. The number of nitrogens with one attached hydrogen (secondary N) is 1. The second-order valence-corrected chi connectivity index (χ2v) is 7.93. The number of methoxy groups -OCH3 is 1. The number of ether oxygens (including phenoxy) is 1. The third-order valence-electron chi connectivity index (χ3n) is 4.55. The zero-order valence-corrected chi connectivity index (χ0v) is 14.7. The van der Waals surface area contributed by atoms with Crippen molar-refractivity contribution in [3.05, 3.63) is 58.9 Å². The van der Waals surface area contributed by atoms with Crippen molar-refractivity contribution in [2.75, 3.05) is 7.11 Å². The number of hydrogen-bond donors (Lipinski definition) is 1. The molecular formula is C18H20FNO3S. The van der Waals surface area contributed by atoms with Crippen LogP contribution in [0.4, 0.5) is 4.39 Å². The van der Waals surface area contributed by atoms with Crippen molar-refractivity contribution in [3.63, 3.8) is 0 Å². The molecule has 0 spiro atoms. The Morgan fingerprint density at radius 2 is 1.67 bits per heavy atom. The van der Waals surface area contributed by atoms with Crippen LogP contribution in [-0.2, 0) is 15.6 Å². The van der Waals surface area contributed by atoms with Crippen LogP contribution in [0.5, 0.6) is 5.75 Å². The van der Waals surface area contributed by atoms with Crippen LogP contribution >= 0.6 is 0 Å². The Kier molecular flexibility index (Phi) is 4.13. The summed E-state index contributed by atoms with van der Waals surface area (Å²) < 4.78 is 47.0. The van der Waals surface area contributed by atoms with E-state index in [-0.39, 0.29) is 10.7 Å². The fourth-order valence-electron chi connectivity index (χ4n) is 2.79. The van der Waals surface area contributed by atoms with Gasteiger partial charge in [0.05, 0.1) is 12.6 Å².